The van der Waals surface area contributed by atoms with Crippen LogP contribution in [0.25, 0.3) is 0 Å². The zero-order valence-corrected chi connectivity index (χ0v) is 12.3. The summed E-state index contributed by atoms with van der Waals surface area (Å²) in [4.78, 5) is 14.1. The molecule has 0 amide bonds. The first kappa shape index (κ1) is 21.6. The summed E-state index contributed by atoms with van der Waals surface area (Å²) in [6, 6.07) is 0. The topological polar surface area (TPSA) is 147 Å². The average Bonchev–Trinajstić information content (AvgIpc) is 2.34. The van der Waals surface area contributed by atoms with Gasteiger partial charge in [0.05, 0.1) is 0 Å². The first-order valence-corrected chi connectivity index (χ1v) is 7.95. The fourth-order valence-electron chi connectivity index (χ4n) is 1.52. The van der Waals surface area contributed by atoms with Gasteiger partial charge in [-0.2, -0.15) is 13.7 Å². The van der Waals surface area contributed by atoms with Crippen molar-refractivity contribution in [2.45, 2.75) is 57.8 Å². The monoisotopic (exact) mass is 315 g/mol. The standard InChI is InChI=1S/C11H23NO3.H2O4S/c12-10-8-6-4-2-1-3-5-7-9-11(13)15-14;1-5(2,3)4/h14H,1-10,12H2;(H2,1,2,3,4). The van der Waals surface area contributed by atoms with Gasteiger partial charge in [-0.3, -0.25) is 9.11 Å². The highest BCUT2D eigenvalue weighted by Crippen LogP contribution is 2.09. The number of hydrogen-bond acceptors (Lipinski definition) is 6. The maximum atomic E-state index is 10.5. The third-order valence-electron chi connectivity index (χ3n) is 2.44. The second kappa shape index (κ2) is 14.7. The maximum Gasteiger partial charge on any atom is 0.394 e. The van der Waals surface area contributed by atoms with Gasteiger partial charge >= 0.3 is 16.4 Å². The van der Waals surface area contributed by atoms with E-state index in [1.807, 2.05) is 0 Å². The summed E-state index contributed by atoms with van der Waals surface area (Å²) in [7, 11) is -4.67. The van der Waals surface area contributed by atoms with Crippen LogP contribution >= 0.6 is 0 Å². The Labute approximate surface area is 119 Å². The van der Waals surface area contributed by atoms with Crippen molar-refractivity contribution in [3.05, 3.63) is 0 Å². The van der Waals surface area contributed by atoms with E-state index in [1.54, 1.807) is 0 Å². The lowest BCUT2D eigenvalue weighted by Crippen LogP contribution is -1.99. The molecule has 0 unspecified atom stereocenters. The average molecular weight is 315 g/mol. The molecule has 0 aromatic carbocycles. The summed E-state index contributed by atoms with van der Waals surface area (Å²) in [5, 5.41) is 8.00. The molecular weight excluding hydrogens is 290 g/mol. The molecule has 0 heterocycles. The van der Waals surface area contributed by atoms with Gasteiger partial charge in [0.1, 0.15) is 0 Å². The third-order valence-corrected chi connectivity index (χ3v) is 2.44. The van der Waals surface area contributed by atoms with E-state index in [9.17, 15) is 4.79 Å². The number of hydrogen-bond donors (Lipinski definition) is 4. The minimum absolute atomic E-state index is 0.323. The molecule has 0 saturated carbocycles. The Kier molecular flexibility index (Phi) is 15.8. The van der Waals surface area contributed by atoms with Gasteiger partial charge in [-0.25, -0.2) is 4.79 Å². The van der Waals surface area contributed by atoms with Gasteiger partial charge in [0.2, 0.25) is 0 Å². The van der Waals surface area contributed by atoms with E-state index in [4.69, 9.17) is 28.5 Å². The molecule has 0 atom stereocenters. The van der Waals surface area contributed by atoms with Crippen LogP contribution < -0.4 is 5.73 Å². The van der Waals surface area contributed by atoms with Crippen LogP contribution in [0.2, 0.25) is 0 Å². The normalized spacial score (nSPS) is 10.6. The van der Waals surface area contributed by atoms with E-state index in [-0.39, 0.29) is 0 Å². The molecule has 8 nitrogen and oxygen atoms in total. The summed E-state index contributed by atoms with van der Waals surface area (Å²) in [5.41, 5.74) is 5.39. The van der Waals surface area contributed by atoms with E-state index in [0.29, 0.717) is 6.42 Å². The Morgan fingerprint density at radius 1 is 0.900 bits per heavy atom. The van der Waals surface area contributed by atoms with Gasteiger partial charge in [-0.05, 0) is 19.4 Å². The van der Waals surface area contributed by atoms with Crippen molar-refractivity contribution in [2.24, 2.45) is 5.73 Å². The van der Waals surface area contributed by atoms with Crippen LogP contribution in [0.5, 0.6) is 0 Å². The zero-order chi connectivity index (χ0) is 15.9. The molecule has 0 aliphatic rings. The highest BCUT2D eigenvalue weighted by atomic mass is 32.3. The number of rotatable bonds is 10. The zero-order valence-electron chi connectivity index (χ0n) is 11.5. The smallest absolute Gasteiger partial charge is 0.330 e. The fourth-order valence-corrected chi connectivity index (χ4v) is 1.52. The molecule has 122 valence electrons. The quantitative estimate of drug-likeness (QED) is 0.206. The Bertz CT molecular complexity index is 311. The number of carbonyl (C=O) groups excluding carboxylic acids is 1. The number of carbonyl (C=O) groups is 1. The molecule has 0 bridgehead atoms. The van der Waals surface area contributed by atoms with E-state index in [1.165, 1.54) is 25.7 Å². The lowest BCUT2D eigenvalue weighted by molar-refractivity contribution is -0.234. The first-order chi connectivity index (χ1) is 9.31. The maximum absolute atomic E-state index is 10.5. The van der Waals surface area contributed by atoms with E-state index < -0.39 is 16.4 Å². The Balaban J connectivity index is 0. The van der Waals surface area contributed by atoms with Gasteiger partial charge in [-0.15, -0.1) is 0 Å². The summed E-state index contributed by atoms with van der Waals surface area (Å²) in [6.07, 6.45) is 9.41. The minimum atomic E-state index is -4.67. The van der Waals surface area contributed by atoms with Crippen molar-refractivity contribution in [1.82, 2.24) is 0 Å². The highest BCUT2D eigenvalue weighted by Gasteiger charge is 2.00. The van der Waals surface area contributed by atoms with Gasteiger partial charge in [-0.1, -0.05) is 38.5 Å². The molecule has 0 aliphatic heterocycles. The summed E-state index contributed by atoms with van der Waals surface area (Å²) < 4.78 is 31.6. The molecule has 0 aromatic rings. The van der Waals surface area contributed by atoms with Crippen molar-refractivity contribution in [3.8, 4) is 0 Å². The minimum Gasteiger partial charge on any atom is -0.330 e. The SMILES string of the molecule is NCCCCCCCCCCC(=O)OO.O=S(=O)(O)O. The molecular formula is C11H25NO7S. The highest BCUT2D eigenvalue weighted by molar-refractivity contribution is 7.79. The molecule has 0 fully saturated rings. The van der Waals surface area contributed by atoms with Crippen LogP contribution in [0.4, 0.5) is 0 Å². The molecule has 9 heteroatoms. The van der Waals surface area contributed by atoms with Crippen LogP contribution in [0, 0.1) is 0 Å². The molecule has 0 radical (unpaired) electrons. The lowest BCUT2D eigenvalue weighted by Gasteiger charge is -2.00. The van der Waals surface area contributed by atoms with Crippen molar-refractivity contribution >= 4 is 16.4 Å². The summed E-state index contributed by atoms with van der Waals surface area (Å²) in [5.74, 6) is -0.530. The van der Waals surface area contributed by atoms with Crippen LogP contribution in [-0.4, -0.2) is 35.3 Å². The predicted octanol–water partition coefficient (Wildman–Crippen LogP) is 1.82. The third kappa shape index (κ3) is 30.4. The van der Waals surface area contributed by atoms with Crippen molar-refractivity contribution in [1.29, 1.82) is 0 Å². The van der Waals surface area contributed by atoms with Crippen LogP contribution in [0.15, 0.2) is 0 Å². The molecule has 0 saturated heterocycles. The lowest BCUT2D eigenvalue weighted by atomic mass is 10.1. The Morgan fingerprint density at radius 3 is 1.60 bits per heavy atom. The van der Waals surface area contributed by atoms with Crippen molar-refractivity contribution in [2.75, 3.05) is 6.54 Å². The molecule has 5 N–H and O–H groups in total. The van der Waals surface area contributed by atoms with E-state index >= 15 is 0 Å². The van der Waals surface area contributed by atoms with Crippen LogP contribution in [0.1, 0.15) is 57.8 Å². The van der Waals surface area contributed by atoms with Crippen molar-refractivity contribution < 1.29 is 32.5 Å². The molecule has 0 rings (SSSR count). The van der Waals surface area contributed by atoms with Crippen molar-refractivity contribution in [3.63, 3.8) is 0 Å². The second-order valence-corrected chi connectivity index (χ2v) is 5.17. The van der Waals surface area contributed by atoms with Crippen LogP contribution in [-0.2, 0) is 20.1 Å². The fraction of sp³-hybridized carbons (Fsp3) is 0.909. The van der Waals surface area contributed by atoms with Crippen LogP contribution in [0.3, 0.4) is 0 Å². The molecule has 20 heavy (non-hydrogen) atoms. The Morgan fingerprint density at radius 2 is 1.25 bits per heavy atom. The Hall–Kier alpha value is -0.740. The molecule has 0 aromatic heterocycles. The first-order valence-electron chi connectivity index (χ1n) is 6.55. The van der Waals surface area contributed by atoms with Gasteiger partial charge in [0, 0.05) is 6.42 Å². The second-order valence-electron chi connectivity index (χ2n) is 4.28. The predicted molar refractivity (Wildman–Crippen MR) is 73.5 cm³/mol. The van der Waals surface area contributed by atoms with Gasteiger partial charge in [0.25, 0.3) is 0 Å². The van der Waals surface area contributed by atoms with E-state index in [2.05, 4.69) is 4.89 Å². The number of unbranched alkanes of at least 4 members (excludes halogenated alkanes) is 7. The van der Waals surface area contributed by atoms with Gasteiger partial charge < -0.3 is 10.6 Å². The molecule has 0 aliphatic carbocycles. The summed E-state index contributed by atoms with van der Waals surface area (Å²) >= 11 is 0. The van der Waals surface area contributed by atoms with E-state index in [0.717, 1.165) is 32.2 Å². The largest absolute Gasteiger partial charge is 0.394 e. The number of nitrogens with two attached hydrogens (primary N) is 1. The molecule has 0 spiro atoms. The van der Waals surface area contributed by atoms with Gasteiger partial charge in [0.15, 0.2) is 0 Å². The summed E-state index contributed by atoms with van der Waals surface area (Å²) in [6.45, 7) is 0.795.